The number of amides is 2. The molecule has 94 valence electrons. The number of alkyl halides is 3. The first-order valence-corrected chi connectivity index (χ1v) is 5.14. The Hall–Kier alpha value is -1.31. The number of benzene rings is 1. The van der Waals surface area contributed by atoms with Gasteiger partial charge < -0.3 is 10.6 Å². The highest BCUT2D eigenvalue weighted by Crippen LogP contribution is 2.20. The molecule has 0 aliphatic heterocycles. The number of urea groups is 1. The minimum atomic E-state index is -4.51. The summed E-state index contributed by atoms with van der Waals surface area (Å²) in [4.78, 5) is 11.0. The van der Waals surface area contributed by atoms with E-state index in [2.05, 4.69) is 15.9 Å². The van der Waals surface area contributed by atoms with Crippen molar-refractivity contribution >= 4 is 27.6 Å². The molecule has 0 heterocycles. The van der Waals surface area contributed by atoms with Crippen LogP contribution in [0.5, 0.6) is 0 Å². The molecule has 0 saturated heterocycles. The van der Waals surface area contributed by atoms with Gasteiger partial charge in [0.2, 0.25) is 0 Å². The second-order valence-corrected chi connectivity index (χ2v) is 3.96. The van der Waals surface area contributed by atoms with E-state index in [1.54, 1.807) is 5.32 Å². The fourth-order valence-electron chi connectivity index (χ4n) is 0.940. The van der Waals surface area contributed by atoms with Crippen LogP contribution in [0.15, 0.2) is 22.7 Å². The topological polar surface area (TPSA) is 41.1 Å². The van der Waals surface area contributed by atoms with Gasteiger partial charge in [-0.3, -0.25) is 0 Å². The Bertz CT molecular complexity index is 422. The van der Waals surface area contributed by atoms with Crippen LogP contribution in [0, 0.1) is 5.82 Å². The van der Waals surface area contributed by atoms with E-state index in [0.29, 0.717) is 4.47 Å². The zero-order valence-electron chi connectivity index (χ0n) is 8.24. The third-order valence-corrected chi connectivity index (χ3v) is 2.12. The first-order chi connectivity index (χ1) is 7.78. The van der Waals surface area contributed by atoms with E-state index in [1.165, 1.54) is 12.1 Å². The molecular formula is C9H7BrF4N2O. The standard InChI is InChI=1S/C9H7BrF4N2O/c10-5-1-2-6(11)7(3-5)16-8(17)15-4-9(12,13)14/h1-3H,4H2,(H2,15,16,17). The largest absolute Gasteiger partial charge is 0.405 e. The molecule has 0 fully saturated rings. The molecule has 1 aromatic rings. The summed E-state index contributed by atoms with van der Waals surface area (Å²) in [5, 5.41) is 3.53. The van der Waals surface area contributed by atoms with Crippen molar-refractivity contribution in [3.05, 3.63) is 28.5 Å². The van der Waals surface area contributed by atoms with Gasteiger partial charge in [-0.2, -0.15) is 13.2 Å². The third kappa shape index (κ3) is 5.03. The molecule has 0 saturated carbocycles. The summed E-state index contributed by atoms with van der Waals surface area (Å²) in [5.41, 5.74) is -0.209. The zero-order chi connectivity index (χ0) is 13.1. The van der Waals surface area contributed by atoms with Crippen LogP contribution in [-0.4, -0.2) is 18.8 Å². The Morgan fingerprint density at radius 2 is 2.00 bits per heavy atom. The molecule has 0 bridgehead atoms. The van der Waals surface area contributed by atoms with E-state index in [1.807, 2.05) is 5.32 Å². The molecule has 0 unspecified atom stereocenters. The molecule has 1 aromatic carbocycles. The molecule has 0 aliphatic rings. The minimum absolute atomic E-state index is 0.209. The van der Waals surface area contributed by atoms with Gasteiger partial charge in [0.1, 0.15) is 12.4 Å². The zero-order valence-corrected chi connectivity index (χ0v) is 9.82. The molecule has 8 heteroatoms. The van der Waals surface area contributed by atoms with Gasteiger partial charge in [-0.1, -0.05) is 15.9 Å². The normalized spacial score (nSPS) is 11.1. The van der Waals surface area contributed by atoms with E-state index >= 15 is 0 Å². The number of carbonyl (C=O) groups excluding carboxylic acids is 1. The molecule has 0 atom stereocenters. The molecule has 3 nitrogen and oxygen atoms in total. The van der Waals surface area contributed by atoms with Crippen molar-refractivity contribution in [2.45, 2.75) is 6.18 Å². The maximum absolute atomic E-state index is 13.1. The molecule has 2 N–H and O–H groups in total. The van der Waals surface area contributed by atoms with Crippen LogP contribution in [0.4, 0.5) is 28.0 Å². The lowest BCUT2D eigenvalue weighted by Crippen LogP contribution is -2.36. The fraction of sp³-hybridized carbons (Fsp3) is 0.222. The molecule has 0 aromatic heterocycles. The van der Waals surface area contributed by atoms with E-state index < -0.39 is 24.6 Å². The minimum Gasteiger partial charge on any atom is -0.329 e. The van der Waals surface area contributed by atoms with Crippen molar-refractivity contribution in [2.75, 3.05) is 11.9 Å². The van der Waals surface area contributed by atoms with Gasteiger partial charge in [0, 0.05) is 4.47 Å². The molecular weight excluding hydrogens is 308 g/mol. The Morgan fingerprint density at radius 3 is 2.59 bits per heavy atom. The Kier molecular flexibility index (Phi) is 4.33. The monoisotopic (exact) mass is 314 g/mol. The first kappa shape index (κ1) is 13.8. The van der Waals surface area contributed by atoms with Crippen molar-refractivity contribution in [1.29, 1.82) is 0 Å². The number of hydrogen-bond donors (Lipinski definition) is 2. The van der Waals surface area contributed by atoms with Gasteiger partial charge >= 0.3 is 12.2 Å². The summed E-state index contributed by atoms with van der Waals surface area (Å²) in [6, 6.07) is 2.58. The van der Waals surface area contributed by atoms with Gasteiger partial charge in [0.15, 0.2) is 0 Å². The van der Waals surface area contributed by atoms with Gasteiger partial charge in [-0.25, -0.2) is 9.18 Å². The van der Waals surface area contributed by atoms with Crippen LogP contribution in [0.2, 0.25) is 0 Å². The summed E-state index contributed by atoms with van der Waals surface area (Å²) < 4.78 is 48.9. The van der Waals surface area contributed by atoms with E-state index in [9.17, 15) is 22.4 Å². The van der Waals surface area contributed by atoms with Crippen LogP contribution < -0.4 is 10.6 Å². The lowest BCUT2D eigenvalue weighted by atomic mass is 10.3. The molecule has 2 amide bonds. The van der Waals surface area contributed by atoms with Gasteiger partial charge in [-0.05, 0) is 18.2 Å². The predicted octanol–water partition coefficient (Wildman–Crippen LogP) is 3.27. The Balaban J connectivity index is 2.59. The van der Waals surface area contributed by atoms with Crippen LogP contribution in [0.1, 0.15) is 0 Å². The quantitative estimate of drug-likeness (QED) is 0.808. The number of nitrogens with one attached hydrogen (secondary N) is 2. The summed E-state index contributed by atoms with van der Waals surface area (Å²) in [5.74, 6) is -0.740. The lowest BCUT2D eigenvalue weighted by molar-refractivity contribution is -0.122. The van der Waals surface area contributed by atoms with Gasteiger partial charge in [0.25, 0.3) is 0 Å². The Labute approximate surface area is 102 Å². The van der Waals surface area contributed by atoms with Crippen molar-refractivity contribution in [1.82, 2.24) is 5.32 Å². The third-order valence-electron chi connectivity index (χ3n) is 1.63. The van der Waals surface area contributed by atoms with Crippen molar-refractivity contribution in [3.8, 4) is 0 Å². The SMILES string of the molecule is O=C(NCC(F)(F)F)Nc1cc(Br)ccc1F. The predicted molar refractivity (Wildman–Crippen MR) is 57.2 cm³/mol. The number of halogens is 5. The summed E-state index contributed by atoms with van der Waals surface area (Å²) in [7, 11) is 0. The van der Waals surface area contributed by atoms with Crippen molar-refractivity contribution < 1.29 is 22.4 Å². The first-order valence-electron chi connectivity index (χ1n) is 4.34. The smallest absolute Gasteiger partial charge is 0.329 e. The molecule has 17 heavy (non-hydrogen) atoms. The van der Waals surface area contributed by atoms with Gasteiger partial charge in [-0.15, -0.1) is 0 Å². The van der Waals surface area contributed by atoms with E-state index in [0.717, 1.165) is 6.07 Å². The molecule has 0 aliphatic carbocycles. The van der Waals surface area contributed by atoms with E-state index in [-0.39, 0.29) is 5.69 Å². The van der Waals surface area contributed by atoms with Crippen LogP contribution in [0.25, 0.3) is 0 Å². The van der Waals surface area contributed by atoms with Crippen molar-refractivity contribution in [3.63, 3.8) is 0 Å². The van der Waals surface area contributed by atoms with Crippen LogP contribution in [-0.2, 0) is 0 Å². The number of carbonyl (C=O) groups is 1. The molecule has 0 radical (unpaired) electrons. The molecule has 0 spiro atoms. The maximum atomic E-state index is 13.1. The lowest BCUT2D eigenvalue weighted by Gasteiger charge is -2.10. The van der Waals surface area contributed by atoms with Gasteiger partial charge in [0.05, 0.1) is 5.69 Å². The second kappa shape index (κ2) is 5.35. The molecule has 1 rings (SSSR count). The highest BCUT2D eigenvalue weighted by atomic mass is 79.9. The average molecular weight is 315 g/mol. The fourth-order valence-corrected chi connectivity index (χ4v) is 1.30. The number of hydrogen-bond acceptors (Lipinski definition) is 1. The van der Waals surface area contributed by atoms with Crippen LogP contribution >= 0.6 is 15.9 Å². The average Bonchev–Trinajstić information content (AvgIpc) is 2.20. The summed E-state index contributed by atoms with van der Waals surface area (Å²) in [6.45, 7) is -1.48. The second-order valence-electron chi connectivity index (χ2n) is 3.05. The van der Waals surface area contributed by atoms with E-state index in [4.69, 9.17) is 0 Å². The highest BCUT2D eigenvalue weighted by molar-refractivity contribution is 9.10. The summed E-state index contributed by atoms with van der Waals surface area (Å²) >= 11 is 3.04. The van der Waals surface area contributed by atoms with Crippen molar-refractivity contribution in [2.24, 2.45) is 0 Å². The Morgan fingerprint density at radius 1 is 1.35 bits per heavy atom. The summed E-state index contributed by atoms with van der Waals surface area (Å²) in [6.07, 6.45) is -4.51. The maximum Gasteiger partial charge on any atom is 0.405 e. The van der Waals surface area contributed by atoms with Crippen LogP contribution in [0.3, 0.4) is 0 Å². The highest BCUT2D eigenvalue weighted by Gasteiger charge is 2.27. The number of rotatable bonds is 2. The number of anilines is 1.